The molecule has 0 amide bonds. The second kappa shape index (κ2) is 7.87. The Morgan fingerprint density at radius 2 is 1.83 bits per heavy atom. The molecule has 0 fully saturated rings. The van der Waals surface area contributed by atoms with Crippen LogP contribution in [0.15, 0.2) is 77.4 Å². The van der Waals surface area contributed by atoms with E-state index in [9.17, 15) is 0 Å². The maximum atomic E-state index is 5.92. The summed E-state index contributed by atoms with van der Waals surface area (Å²) in [5.74, 6) is 2.72. The molecule has 5 heteroatoms. The molecule has 0 spiro atoms. The summed E-state index contributed by atoms with van der Waals surface area (Å²) in [5, 5.41) is 8.45. The van der Waals surface area contributed by atoms with Gasteiger partial charge in [-0.2, -0.15) is 5.10 Å². The molecule has 1 aliphatic heterocycles. The van der Waals surface area contributed by atoms with Crippen LogP contribution in [0.2, 0.25) is 0 Å². The standard InChI is InChI=1S/C24H23N3O2/c1-2-7-18(8-3-1)17-29-20-13-11-19(12-14-20)27-24-21(9-4-5-15-25-24)23(26-27)22-10-6-16-28-22/h1-3,6-8,10-14,16,25H,4-5,9,15,17H2. The Hall–Kier alpha value is -3.47. The van der Waals surface area contributed by atoms with Gasteiger partial charge in [-0.15, -0.1) is 0 Å². The number of anilines is 1. The van der Waals surface area contributed by atoms with Gasteiger partial charge in [0.1, 0.15) is 23.9 Å². The van der Waals surface area contributed by atoms with Crippen LogP contribution in [-0.2, 0) is 13.0 Å². The van der Waals surface area contributed by atoms with E-state index in [2.05, 4.69) is 17.4 Å². The average Bonchev–Trinajstić information content (AvgIpc) is 3.35. The molecule has 5 rings (SSSR count). The number of hydrogen-bond acceptors (Lipinski definition) is 4. The van der Waals surface area contributed by atoms with Crippen molar-refractivity contribution in [1.82, 2.24) is 9.78 Å². The van der Waals surface area contributed by atoms with Gasteiger partial charge in [0.25, 0.3) is 0 Å². The van der Waals surface area contributed by atoms with E-state index in [1.807, 2.05) is 59.3 Å². The quantitative estimate of drug-likeness (QED) is 0.496. The van der Waals surface area contributed by atoms with Crippen LogP contribution in [0.5, 0.6) is 5.75 Å². The van der Waals surface area contributed by atoms with Crippen molar-refractivity contribution in [3.8, 4) is 22.9 Å². The topological polar surface area (TPSA) is 52.2 Å². The molecule has 29 heavy (non-hydrogen) atoms. The number of furan rings is 1. The fourth-order valence-corrected chi connectivity index (χ4v) is 3.72. The molecule has 1 aliphatic rings. The molecule has 0 saturated heterocycles. The number of ether oxygens (including phenoxy) is 1. The lowest BCUT2D eigenvalue weighted by atomic mass is 10.1. The number of fused-ring (bicyclic) bond motifs is 1. The van der Waals surface area contributed by atoms with Crippen LogP contribution >= 0.6 is 0 Å². The summed E-state index contributed by atoms with van der Waals surface area (Å²) in [6.45, 7) is 1.51. The first-order valence-corrected chi connectivity index (χ1v) is 10.1. The van der Waals surface area contributed by atoms with E-state index in [1.54, 1.807) is 6.26 Å². The highest BCUT2D eigenvalue weighted by molar-refractivity contribution is 5.68. The number of nitrogens with zero attached hydrogens (tertiary/aromatic N) is 2. The van der Waals surface area contributed by atoms with E-state index in [0.29, 0.717) is 6.61 Å². The fourth-order valence-electron chi connectivity index (χ4n) is 3.72. The van der Waals surface area contributed by atoms with Gasteiger partial charge in [-0.3, -0.25) is 0 Å². The van der Waals surface area contributed by atoms with Crippen molar-refractivity contribution in [2.45, 2.75) is 25.9 Å². The second-order valence-electron chi connectivity index (χ2n) is 7.22. The lowest BCUT2D eigenvalue weighted by Crippen LogP contribution is -2.07. The third kappa shape index (κ3) is 3.63. The zero-order valence-electron chi connectivity index (χ0n) is 16.2. The van der Waals surface area contributed by atoms with E-state index in [1.165, 1.54) is 5.56 Å². The third-order valence-electron chi connectivity index (χ3n) is 5.21. The van der Waals surface area contributed by atoms with Crippen molar-refractivity contribution in [1.29, 1.82) is 0 Å². The predicted molar refractivity (Wildman–Crippen MR) is 113 cm³/mol. The fraction of sp³-hybridized carbons (Fsp3) is 0.208. The molecule has 2 aromatic carbocycles. The van der Waals surface area contributed by atoms with Crippen molar-refractivity contribution < 1.29 is 9.15 Å². The largest absolute Gasteiger partial charge is 0.489 e. The highest BCUT2D eigenvalue weighted by Gasteiger charge is 2.22. The lowest BCUT2D eigenvalue weighted by molar-refractivity contribution is 0.306. The minimum absolute atomic E-state index is 0.557. The van der Waals surface area contributed by atoms with Gasteiger partial charge in [0.05, 0.1) is 12.0 Å². The first-order chi connectivity index (χ1) is 14.4. The van der Waals surface area contributed by atoms with Crippen molar-refractivity contribution >= 4 is 5.82 Å². The van der Waals surface area contributed by atoms with Crippen LogP contribution in [-0.4, -0.2) is 16.3 Å². The van der Waals surface area contributed by atoms with Crippen molar-refractivity contribution in [2.75, 3.05) is 11.9 Å². The Morgan fingerprint density at radius 3 is 2.62 bits per heavy atom. The molecule has 0 saturated carbocycles. The van der Waals surface area contributed by atoms with E-state index < -0.39 is 0 Å². The molecule has 0 unspecified atom stereocenters. The summed E-state index contributed by atoms with van der Waals surface area (Å²) < 4.78 is 13.6. The molecule has 0 aliphatic carbocycles. The first-order valence-electron chi connectivity index (χ1n) is 10.1. The third-order valence-corrected chi connectivity index (χ3v) is 5.21. The maximum Gasteiger partial charge on any atom is 0.154 e. The summed E-state index contributed by atoms with van der Waals surface area (Å²) in [5.41, 5.74) is 4.30. The van der Waals surface area contributed by atoms with Crippen LogP contribution in [0.25, 0.3) is 17.1 Å². The van der Waals surface area contributed by atoms with Crippen LogP contribution < -0.4 is 10.1 Å². The number of benzene rings is 2. The van der Waals surface area contributed by atoms with E-state index in [-0.39, 0.29) is 0 Å². The van der Waals surface area contributed by atoms with Gasteiger partial charge in [-0.1, -0.05) is 30.3 Å². The summed E-state index contributed by atoms with van der Waals surface area (Å²) >= 11 is 0. The van der Waals surface area contributed by atoms with Crippen molar-refractivity contribution in [2.24, 2.45) is 0 Å². The highest BCUT2D eigenvalue weighted by atomic mass is 16.5. The molecular formula is C24H23N3O2. The summed E-state index contributed by atoms with van der Waals surface area (Å²) in [4.78, 5) is 0. The van der Waals surface area contributed by atoms with E-state index in [0.717, 1.165) is 60.1 Å². The summed E-state index contributed by atoms with van der Waals surface area (Å²) in [6, 6.07) is 22.1. The molecule has 3 heterocycles. The van der Waals surface area contributed by atoms with Gasteiger partial charge >= 0.3 is 0 Å². The lowest BCUT2D eigenvalue weighted by Gasteiger charge is -2.11. The Morgan fingerprint density at radius 1 is 0.966 bits per heavy atom. The Balaban J connectivity index is 1.43. The minimum atomic E-state index is 0.557. The number of hydrogen-bond donors (Lipinski definition) is 1. The zero-order valence-corrected chi connectivity index (χ0v) is 16.2. The molecule has 0 bridgehead atoms. The Bertz CT molecular complexity index is 1070. The molecule has 2 aromatic heterocycles. The van der Waals surface area contributed by atoms with Crippen molar-refractivity contribution in [3.05, 3.63) is 84.1 Å². The van der Waals surface area contributed by atoms with Crippen LogP contribution in [0, 0.1) is 0 Å². The number of nitrogens with one attached hydrogen (secondary N) is 1. The first kappa shape index (κ1) is 17.6. The minimum Gasteiger partial charge on any atom is -0.489 e. The number of rotatable bonds is 5. The Labute approximate surface area is 169 Å². The van der Waals surface area contributed by atoms with Gasteiger partial charge in [0, 0.05) is 12.1 Å². The molecule has 1 N–H and O–H groups in total. The van der Waals surface area contributed by atoms with Crippen LogP contribution in [0.3, 0.4) is 0 Å². The molecule has 5 nitrogen and oxygen atoms in total. The molecular weight excluding hydrogens is 362 g/mol. The van der Waals surface area contributed by atoms with Gasteiger partial charge < -0.3 is 14.5 Å². The monoisotopic (exact) mass is 385 g/mol. The van der Waals surface area contributed by atoms with E-state index in [4.69, 9.17) is 14.3 Å². The van der Waals surface area contributed by atoms with Gasteiger partial charge in [0.15, 0.2) is 5.76 Å². The molecule has 0 radical (unpaired) electrons. The van der Waals surface area contributed by atoms with Gasteiger partial charge in [-0.05, 0) is 61.2 Å². The summed E-state index contributed by atoms with van der Waals surface area (Å²) in [7, 11) is 0. The highest BCUT2D eigenvalue weighted by Crippen LogP contribution is 2.34. The smallest absolute Gasteiger partial charge is 0.154 e. The summed E-state index contributed by atoms with van der Waals surface area (Å²) in [6.07, 6.45) is 4.99. The maximum absolute atomic E-state index is 5.92. The van der Waals surface area contributed by atoms with Crippen molar-refractivity contribution in [3.63, 3.8) is 0 Å². The second-order valence-corrected chi connectivity index (χ2v) is 7.22. The Kier molecular flexibility index (Phi) is 4.78. The van der Waals surface area contributed by atoms with Gasteiger partial charge in [-0.25, -0.2) is 4.68 Å². The van der Waals surface area contributed by atoms with Gasteiger partial charge in [0.2, 0.25) is 0 Å². The SMILES string of the molecule is c1ccc(COc2ccc(-n3nc(-c4ccco4)c4c3NCCCC4)cc2)cc1. The van der Waals surface area contributed by atoms with Crippen LogP contribution in [0.4, 0.5) is 5.82 Å². The van der Waals surface area contributed by atoms with E-state index >= 15 is 0 Å². The predicted octanol–water partition coefficient (Wildman–Crippen LogP) is 5.46. The van der Waals surface area contributed by atoms with Crippen LogP contribution in [0.1, 0.15) is 24.0 Å². The normalized spacial score (nSPS) is 13.4. The molecule has 146 valence electrons. The zero-order chi connectivity index (χ0) is 19.5. The molecule has 4 aromatic rings. The average molecular weight is 385 g/mol. The number of aromatic nitrogens is 2. The molecule has 0 atom stereocenters.